The van der Waals surface area contributed by atoms with Gasteiger partial charge in [-0.1, -0.05) is 30.3 Å². The van der Waals surface area contributed by atoms with E-state index in [2.05, 4.69) is 17.4 Å². The van der Waals surface area contributed by atoms with E-state index < -0.39 is 6.10 Å². The Morgan fingerprint density at radius 3 is 2.42 bits per heavy atom. The molecule has 0 aromatic heterocycles. The molecule has 4 N–H and O–H groups in total. The molecule has 19 heavy (non-hydrogen) atoms. The van der Waals surface area contributed by atoms with Gasteiger partial charge in [0.15, 0.2) is 0 Å². The highest BCUT2D eigenvalue weighted by Gasteiger charge is 2.06. The maximum atomic E-state index is 9.74. The zero-order chi connectivity index (χ0) is 13.7. The Morgan fingerprint density at radius 1 is 1.11 bits per heavy atom. The molecule has 2 aromatic carbocycles. The van der Waals surface area contributed by atoms with Gasteiger partial charge < -0.3 is 16.2 Å². The smallest absolute Gasteiger partial charge is 0.0782 e. The number of para-hydroxylation sites is 1. The molecule has 0 fully saturated rings. The van der Waals surface area contributed by atoms with Gasteiger partial charge in [0.05, 0.1) is 6.10 Å². The van der Waals surface area contributed by atoms with Gasteiger partial charge >= 0.3 is 0 Å². The van der Waals surface area contributed by atoms with Gasteiger partial charge in [0.1, 0.15) is 0 Å². The molecule has 0 bridgehead atoms. The second kappa shape index (κ2) is 6.36. The number of aliphatic hydroxyl groups is 1. The fraction of sp³-hybridized carbons (Fsp3) is 0.250. The van der Waals surface area contributed by atoms with E-state index in [9.17, 15) is 5.11 Å². The number of hydrogen-bond donors (Lipinski definition) is 3. The Morgan fingerprint density at radius 2 is 1.79 bits per heavy atom. The zero-order valence-electron chi connectivity index (χ0n) is 11.1. The van der Waals surface area contributed by atoms with Crippen molar-refractivity contribution >= 4 is 11.4 Å². The molecular formula is C16H20N2O. The third-order valence-electron chi connectivity index (χ3n) is 3.08. The molecule has 100 valence electrons. The summed E-state index contributed by atoms with van der Waals surface area (Å²) in [6, 6.07) is 16.0. The van der Waals surface area contributed by atoms with Gasteiger partial charge in [0.2, 0.25) is 0 Å². The van der Waals surface area contributed by atoms with Gasteiger partial charge in [0, 0.05) is 16.9 Å². The van der Waals surface area contributed by atoms with Crippen molar-refractivity contribution < 1.29 is 5.11 Å². The minimum Gasteiger partial charge on any atom is -0.389 e. The molecule has 2 rings (SSSR count). The van der Waals surface area contributed by atoms with E-state index >= 15 is 0 Å². The molecular weight excluding hydrogens is 236 g/mol. The second-order valence-corrected chi connectivity index (χ2v) is 4.62. The first-order chi connectivity index (χ1) is 9.20. The van der Waals surface area contributed by atoms with Crippen molar-refractivity contribution in [1.82, 2.24) is 0 Å². The minimum atomic E-state index is -0.486. The lowest BCUT2D eigenvalue weighted by Gasteiger charge is -2.14. The molecule has 0 aliphatic carbocycles. The van der Waals surface area contributed by atoms with Crippen LogP contribution in [0.4, 0.5) is 11.4 Å². The van der Waals surface area contributed by atoms with Crippen LogP contribution in [0.25, 0.3) is 0 Å². The average molecular weight is 256 g/mol. The Bertz CT molecular complexity index is 521. The van der Waals surface area contributed by atoms with Gasteiger partial charge in [-0.2, -0.15) is 0 Å². The number of anilines is 2. The van der Waals surface area contributed by atoms with Crippen LogP contribution in [-0.4, -0.2) is 11.7 Å². The van der Waals surface area contributed by atoms with Crippen molar-refractivity contribution in [2.24, 2.45) is 5.73 Å². The fourth-order valence-corrected chi connectivity index (χ4v) is 2.05. The number of nitrogens with one attached hydrogen (secondary N) is 1. The highest BCUT2D eigenvalue weighted by atomic mass is 16.3. The zero-order valence-corrected chi connectivity index (χ0v) is 11.1. The van der Waals surface area contributed by atoms with Gasteiger partial charge in [-0.05, 0) is 43.7 Å². The second-order valence-electron chi connectivity index (χ2n) is 4.62. The summed E-state index contributed by atoms with van der Waals surface area (Å²) in [5.74, 6) is 0. The Kier molecular flexibility index (Phi) is 4.55. The van der Waals surface area contributed by atoms with E-state index in [1.165, 1.54) is 5.56 Å². The number of rotatable bonds is 5. The molecule has 0 aliphatic rings. The highest BCUT2D eigenvalue weighted by molar-refractivity contribution is 5.63. The molecule has 0 amide bonds. The monoisotopic (exact) mass is 256 g/mol. The van der Waals surface area contributed by atoms with E-state index in [1.54, 1.807) is 6.92 Å². The molecule has 3 nitrogen and oxygen atoms in total. The Labute approximate surface area is 114 Å². The van der Waals surface area contributed by atoms with Crippen LogP contribution in [0.1, 0.15) is 24.2 Å². The Balaban J connectivity index is 2.17. The third kappa shape index (κ3) is 3.56. The van der Waals surface area contributed by atoms with E-state index in [0.29, 0.717) is 6.54 Å². The SMILES string of the molecule is C[C@H](O)c1ccccc1Nc1ccc(CCN)cc1. The van der Waals surface area contributed by atoms with Crippen molar-refractivity contribution in [2.75, 3.05) is 11.9 Å². The van der Waals surface area contributed by atoms with Crippen LogP contribution >= 0.6 is 0 Å². The van der Waals surface area contributed by atoms with Crippen LogP contribution in [0.3, 0.4) is 0 Å². The van der Waals surface area contributed by atoms with Crippen molar-refractivity contribution in [2.45, 2.75) is 19.4 Å². The first-order valence-electron chi connectivity index (χ1n) is 6.53. The maximum absolute atomic E-state index is 9.74. The van der Waals surface area contributed by atoms with Crippen molar-refractivity contribution in [1.29, 1.82) is 0 Å². The van der Waals surface area contributed by atoms with Crippen LogP contribution in [0.5, 0.6) is 0 Å². The third-order valence-corrected chi connectivity index (χ3v) is 3.08. The van der Waals surface area contributed by atoms with E-state index in [0.717, 1.165) is 23.4 Å². The first-order valence-corrected chi connectivity index (χ1v) is 6.53. The minimum absolute atomic E-state index is 0.486. The quantitative estimate of drug-likeness (QED) is 0.770. The van der Waals surface area contributed by atoms with Crippen molar-refractivity contribution in [3.8, 4) is 0 Å². The molecule has 0 saturated heterocycles. The number of nitrogens with two attached hydrogens (primary N) is 1. The van der Waals surface area contributed by atoms with Gasteiger partial charge in [-0.15, -0.1) is 0 Å². The summed E-state index contributed by atoms with van der Waals surface area (Å²) in [6.45, 7) is 2.43. The van der Waals surface area contributed by atoms with Crippen LogP contribution in [0.15, 0.2) is 48.5 Å². The van der Waals surface area contributed by atoms with E-state index in [-0.39, 0.29) is 0 Å². The molecule has 3 heteroatoms. The van der Waals surface area contributed by atoms with Crippen LogP contribution in [0, 0.1) is 0 Å². The summed E-state index contributed by atoms with van der Waals surface area (Å²) in [4.78, 5) is 0. The molecule has 0 saturated carbocycles. The summed E-state index contributed by atoms with van der Waals surface area (Å²) in [6.07, 6.45) is 0.407. The molecule has 0 unspecified atom stereocenters. The first kappa shape index (κ1) is 13.6. The fourth-order valence-electron chi connectivity index (χ4n) is 2.05. The lowest BCUT2D eigenvalue weighted by Crippen LogP contribution is -2.03. The molecule has 0 heterocycles. The van der Waals surface area contributed by atoms with E-state index in [4.69, 9.17) is 5.73 Å². The van der Waals surface area contributed by atoms with Crippen LogP contribution in [-0.2, 0) is 6.42 Å². The summed E-state index contributed by atoms with van der Waals surface area (Å²) < 4.78 is 0. The molecule has 0 radical (unpaired) electrons. The standard InChI is InChI=1S/C16H20N2O/c1-12(19)15-4-2-3-5-16(15)18-14-8-6-13(7-9-14)10-11-17/h2-9,12,18-19H,10-11,17H2,1H3/t12-/m0/s1. The normalized spacial score (nSPS) is 12.2. The van der Waals surface area contributed by atoms with Gasteiger partial charge in [-0.3, -0.25) is 0 Å². The summed E-state index contributed by atoms with van der Waals surface area (Å²) in [5, 5.41) is 13.1. The summed E-state index contributed by atoms with van der Waals surface area (Å²) in [5.41, 5.74) is 9.60. The molecule has 0 spiro atoms. The lowest BCUT2D eigenvalue weighted by atomic mass is 10.1. The predicted octanol–water partition coefficient (Wildman–Crippen LogP) is 2.98. The average Bonchev–Trinajstić information content (AvgIpc) is 2.42. The number of aliphatic hydroxyl groups excluding tert-OH is 1. The lowest BCUT2D eigenvalue weighted by molar-refractivity contribution is 0.200. The number of benzene rings is 2. The van der Waals surface area contributed by atoms with Crippen molar-refractivity contribution in [3.05, 3.63) is 59.7 Å². The molecule has 0 aliphatic heterocycles. The predicted molar refractivity (Wildman–Crippen MR) is 79.6 cm³/mol. The summed E-state index contributed by atoms with van der Waals surface area (Å²) >= 11 is 0. The topological polar surface area (TPSA) is 58.3 Å². The van der Waals surface area contributed by atoms with Gasteiger partial charge in [0.25, 0.3) is 0 Å². The van der Waals surface area contributed by atoms with Crippen molar-refractivity contribution in [3.63, 3.8) is 0 Å². The summed E-state index contributed by atoms with van der Waals surface area (Å²) in [7, 11) is 0. The number of hydrogen-bond acceptors (Lipinski definition) is 3. The van der Waals surface area contributed by atoms with E-state index in [1.807, 2.05) is 36.4 Å². The Hall–Kier alpha value is -1.84. The largest absolute Gasteiger partial charge is 0.389 e. The molecule has 1 atom stereocenters. The maximum Gasteiger partial charge on any atom is 0.0782 e. The highest BCUT2D eigenvalue weighted by Crippen LogP contribution is 2.25. The van der Waals surface area contributed by atoms with Gasteiger partial charge in [-0.25, -0.2) is 0 Å². The molecule has 2 aromatic rings. The van der Waals surface area contributed by atoms with Crippen LogP contribution < -0.4 is 11.1 Å². The van der Waals surface area contributed by atoms with Crippen LogP contribution in [0.2, 0.25) is 0 Å².